The highest BCUT2D eigenvalue weighted by Crippen LogP contribution is 2.34. The van der Waals surface area contributed by atoms with Crippen molar-refractivity contribution in [3.05, 3.63) is 95.8 Å². The van der Waals surface area contributed by atoms with Gasteiger partial charge in [-0.3, -0.25) is 0 Å². The van der Waals surface area contributed by atoms with E-state index in [0.717, 1.165) is 53.7 Å². The van der Waals surface area contributed by atoms with Crippen LogP contribution in [0.3, 0.4) is 0 Å². The van der Waals surface area contributed by atoms with Crippen molar-refractivity contribution in [3.63, 3.8) is 0 Å². The molecule has 5 aromatic rings. The summed E-state index contributed by atoms with van der Waals surface area (Å²) in [6, 6.07) is 20.7. The van der Waals surface area contributed by atoms with E-state index in [-0.39, 0.29) is 16.8 Å². The Labute approximate surface area is 197 Å². The number of para-hydroxylation sites is 1. The molecular formula is C28H23FN5+. The van der Waals surface area contributed by atoms with Crippen molar-refractivity contribution < 1.29 is 8.96 Å². The number of hydrogen-bond donors (Lipinski definition) is 0. The molecule has 0 saturated heterocycles. The summed E-state index contributed by atoms with van der Waals surface area (Å²) in [6.07, 6.45) is 9.33. The van der Waals surface area contributed by atoms with Gasteiger partial charge < -0.3 is 4.57 Å². The number of aryl methyl sites for hydroxylation is 3. The summed E-state index contributed by atoms with van der Waals surface area (Å²) >= 11 is 0. The van der Waals surface area contributed by atoms with E-state index in [2.05, 4.69) is 29.2 Å². The molecule has 0 N–H and O–H groups in total. The topological polar surface area (TPSA) is 61.3 Å². The molecule has 0 amide bonds. The molecule has 0 aliphatic heterocycles. The summed E-state index contributed by atoms with van der Waals surface area (Å²) in [5.41, 5.74) is 3.46. The molecule has 0 aliphatic carbocycles. The van der Waals surface area contributed by atoms with E-state index in [1.807, 2.05) is 64.8 Å². The smallest absolute Gasteiger partial charge is 0.243 e. The number of nitrogens with zero attached hydrogens (tertiary/aromatic N) is 5. The molecule has 0 spiro atoms. The van der Waals surface area contributed by atoms with E-state index < -0.39 is 5.82 Å². The first kappa shape index (κ1) is 21.4. The van der Waals surface area contributed by atoms with Gasteiger partial charge in [0.25, 0.3) is 0 Å². The maximum Gasteiger partial charge on any atom is 0.243 e. The summed E-state index contributed by atoms with van der Waals surface area (Å²) in [6.45, 7) is 0.988. The molecule has 5 rings (SSSR count). The molecule has 3 aromatic carbocycles. The van der Waals surface area contributed by atoms with Crippen molar-refractivity contribution in [2.24, 2.45) is 7.05 Å². The number of unbranched alkanes of at least 4 members (excludes halogenated alkanes) is 1. The van der Waals surface area contributed by atoms with E-state index in [9.17, 15) is 10.5 Å². The minimum absolute atomic E-state index is 0.0421. The summed E-state index contributed by atoms with van der Waals surface area (Å²) in [5, 5.41) is 20.8. The zero-order valence-electron chi connectivity index (χ0n) is 18.9. The average molecular weight is 449 g/mol. The Morgan fingerprint density at radius 2 is 1.68 bits per heavy atom. The highest BCUT2D eigenvalue weighted by Gasteiger charge is 2.17. The van der Waals surface area contributed by atoms with Crippen LogP contribution in [0.15, 0.2) is 73.3 Å². The van der Waals surface area contributed by atoms with Gasteiger partial charge in [-0.1, -0.05) is 24.3 Å². The maximum atomic E-state index is 15.1. The Balaban J connectivity index is 1.52. The van der Waals surface area contributed by atoms with Crippen molar-refractivity contribution in [1.82, 2.24) is 9.13 Å². The van der Waals surface area contributed by atoms with Crippen LogP contribution >= 0.6 is 0 Å². The first-order valence-corrected chi connectivity index (χ1v) is 11.3. The standard InChI is InChI=1S/C28H23FN5/c1-32-12-13-33(19-32)11-5-4-6-20-9-10-27-24(14-20)23-7-2-3-8-26(23)34(27)28-16-22(18-31)21(17-30)15-25(28)29/h2-3,7-10,12-16,19H,4-6,11H2,1H3/q+1. The van der Waals surface area contributed by atoms with Crippen LogP contribution in [-0.2, 0) is 20.0 Å². The molecule has 0 bridgehead atoms. The minimum Gasteiger partial charge on any atom is -0.306 e. The van der Waals surface area contributed by atoms with Gasteiger partial charge in [-0.05, 0) is 55.2 Å². The first-order valence-electron chi connectivity index (χ1n) is 11.3. The molecule has 0 saturated carbocycles. The number of halogens is 1. The maximum absolute atomic E-state index is 15.1. The third kappa shape index (κ3) is 3.80. The lowest BCUT2D eigenvalue weighted by Gasteiger charge is -2.10. The molecule has 5 nitrogen and oxygen atoms in total. The third-order valence-corrected chi connectivity index (χ3v) is 6.26. The number of nitriles is 2. The second-order valence-electron chi connectivity index (χ2n) is 8.55. The normalized spacial score (nSPS) is 11.1. The van der Waals surface area contributed by atoms with Gasteiger partial charge in [-0.25, -0.2) is 13.5 Å². The fraction of sp³-hybridized carbons (Fsp3) is 0.179. The highest BCUT2D eigenvalue weighted by molar-refractivity contribution is 6.09. The molecule has 166 valence electrons. The fourth-order valence-corrected chi connectivity index (χ4v) is 4.61. The lowest BCUT2D eigenvalue weighted by atomic mass is 10.0. The van der Waals surface area contributed by atoms with Crippen LogP contribution < -0.4 is 4.57 Å². The Kier molecular flexibility index (Phi) is 5.57. The van der Waals surface area contributed by atoms with Gasteiger partial charge in [0.1, 0.15) is 30.3 Å². The number of imidazole rings is 1. The molecule has 2 aromatic heterocycles. The van der Waals surface area contributed by atoms with Crippen LogP contribution in [0.1, 0.15) is 29.5 Å². The fourth-order valence-electron chi connectivity index (χ4n) is 4.61. The predicted octanol–water partition coefficient (Wildman–Crippen LogP) is 5.32. The summed E-state index contributed by atoms with van der Waals surface area (Å²) in [5.74, 6) is -0.527. The second kappa shape index (κ2) is 8.84. The van der Waals surface area contributed by atoms with E-state index in [0.29, 0.717) is 0 Å². The lowest BCUT2D eigenvalue weighted by Crippen LogP contribution is -2.23. The van der Waals surface area contributed by atoms with Crippen LogP contribution in [0.5, 0.6) is 0 Å². The monoisotopic (exact) mass is 448 g/mol. The van der Waals surface area contributed by atoms with E-state index >= 15 is 4.39 Å². The van der Waals surface area contributed by atoms with Gasteiger partial charge in [0.2, 0.25) is 6.33 Å². The molecule has 0 unspecified atom stereocenters. The van der Waals surface area contributed by atoms with Gasteiger partial charge in [-0.2, -0.15) is 10.5 Å². The SMILES string of the molecule is C[n+]1ccn(CCCCc2ccc3c(c2)c2ccccc2n3-c2cc(C#N)c(C#N)cc2F)c1. The molecule has 0 aliphatic rings. The van der Waals surface area contributed by atoms with Crippen molar-refractivity contribution in [1.29, 1.82) is 10.5 Å². The van der Waals surface area contributed by atoms with Crippen molar-refractivity contribution in [2.45, 2.75) is 25.8 Å². The average Bonchev–Trinajstić information content (AvgIpc) is 3.42. The van der Waals surface area contributed by atoms with E-state index in [1.165, 1.54) is 11.6 Å². The third-order valence-electron chi connectivity index (χ3n) is 6.26. The van der Waals surface area contributed by atoms with Crippen LogP contribution in [0.4, 0.5) is 4.39 Å². The van der Waals surface area contributed by atoms with Crippen molar-refractivity contribution in [3.8, 4) is 17.8 Å². The summed E-state index contributed by atoms with van der Waals surface area (Å²) < 4.78 is 21.2. The predicted molar refractivity (Wildman–Crippen MR) is 129 cm³/mol. The summed E-state index contributed by atoms with van der Waals surface area (Å²) in [7, 11) is 2.02. The number of aromatic nitrogens is 3. The Morgan fingerprint density at radius 1 is 0.912 bits per heavy atom. The lowest BCUT2D eigenvalue weighted by molar-refractivity contribution is -0.671. The highest BCUT2D eigenvalue weighted by atomic mass is 19.1. The molecule has 0 radical (unpaired) electrons. The summed E-state index contributed by atoms with van der Waals surface area (Å²) in [4.78, 5) is 0. The molecule has 2 heterocycles. The molecular weight excluding hydrogens is 425 g/mol. The minimum atomic E-state index is -0.527. The first-order chi connectivity index (χ1) is 16.6. The molecule has 6 heteroatoms. The molecule has 34 heavy (non-hydrogen) atoms. The number of hydrogen-bond acceptors (Lipinski definition) is 2. The zero-order chi connectivity index (χ0) is 23.7. The van der Waals surface area contributed by atoms with Crippen molar-refractivity contribution >= 4 is 21.8 Å². The second-order valence-corrected chi connectivity index (χ2v) is 8.55. The van der Waals surface area contributed by atoms with E-state index in [1.54, 1.807) is 0 Å². The quantitative estimate of drug-likeness (QED) is 0.261. The molecule has 0 fully saturated rings. The van der Waals surface area contributed by atoms with Crippen LogP contribution in [0.2, 0.25) is 0 Å². The number of rotatable bonds is 6. The van der Waals surface area contributed by atoms with Crippen molar-refractivity contribution in [2.75, 3.05) is 0 Å². The van der Waals surface area contributed by atoms with Gasteiger partial charge >= 0.3 is 0 Å². The van der Waals surface area contributed by atoms with Crippen LogP contribution in [-0.4, -0.2) is 9.13 Å². The molecule has 0 atom stereocenters. The zero-order valence-corrected chi connectivity index (χ0v) is 18.9. The Morgan fingerprint density at radius 3 is 2.44 bits per heavy atom. The van der Waals surface area contributed by atoms with Gasteiger partial charge in [-0.15, -0.1) is 0 Å². The van der Waals surface area contributed by atoms with E-state index in [4.69, 9.17) is 0 Å². The largest absolute Gasteiger partial charge is 0.306 e. The van der Waals surface area contributed by atoms with Crippen LogP contribution in [0, 0.1) is 28.5 Å². The van der Waals surface area contributed by atoms with Gasteiger partial charge in [0.05, 0.1) is 41.4 Å². The van der Waals surface area contributed by atoms with Crippen LogP contribution in [0.25, 0.3) is 27.5 Å². The number of benzene rings is 3. The Hall–Kier alpha value is -4.42. The Bertz CT molecular complexity index is 1610. The number of fused-ring (bicyclic) bond motifs is 3. The van der Waals surface area contributed by atoms with Gasteiger partial charge in [0, 0.05) is 10.8 Å². The van der Waals surface area contributed by atoms with Gasteiger partial charge in [0.15, 0.2) is 0 Å².